The number of benzene rings is 2. The molecular weight excluding hydrogens is 333 g/mol. The second-order valence-electron chi connectivity index (χ2n) is 5.51. The molecular formula is C20H18FN3O2. The van der Waals surface area contributed by atoms with Gasteiger partial charge in [0.25, 0.3) is 5.91 Å². The van der Waals surface area contributed by atoms with E-state index in [0.717, 1.165) is 11.4 Å². The van der Waals surface area contributed by atoms with E-state index < -0.39 is 0 Å². The number of nitrogens with zero attached hydrogens (tertiary/aromatic N) is 1. The van der Waals surface area contributed by atoms with Crippen molar-refractivity contribution in [3.05, 3.63) is 78.4 Å². The summed E-state index contributed by atoms with van der Waals surface area (Å²) in [4.78, 5) is 16.4. The molecule has 1 amide bonds. The van der Waals surface area contributed by atoms with Gasteiger partial charge in [0.1, 0.15) is 11.6 Å². The molecule has 3 rings (SSSR count). The predicted octanol–water partition coefficient (Wildman–Crippen LogP) is 4.62. The molecule has 0 radical (unpaired) electrons. The van der Waals surface area contributed by atoms with Crippen molar-refractivity contribution >= 4 is 23.0 Å². The lowest BCUT2D eigenvalue weighted by atomic mass is 10.2. The van der Waals surface area contributed by atoms with Crippen LogP contribution in [0.25, 0.3) is 0 Å². The van der Waals surface area contributed by atoms with Crippen LogP contribution in [0.15, 0.2) is 67.0 Å². The monoisotopic (exact) mass is 351 g/mol. The van der Waals surface area contributed by atoms with Crippen molar-refractivity contribution in [2.24, 2.45) is 0 Å². The summed E-state index contributed by atoms with van der Waals surface area (Å²) in [5.41, 5.74) is 2.44. The van der Waals surface area contributed by atoms with Crippen molar-refractivity contribution in [1.82, 2.24) is 4.98 Å². The molecule has 1 aromatic heterocycles. The fourth-order valence-electron chi connectivity index (χ4n) is 2.34. The molecule has 0 spiro atoms. The summed E-state index contributed by atoms with van der Waals surface area (Å²) in [6.45, 7) is 2.54. The van der Waals surface area contributed by atoms with E-state index in [1.165, 1.54) is 30.5 Å². The van der Waals surface area contributed by atoms with E-state index in [0.29, 0.717) is 23.5 Å². The molecule has 0 bridgehead atoms. The number of nitrogens with one attached hydrogen (secondary N) is 2. The summed E-state index contributed by atoms with van der Waals surface area (Å²) in [5, 5.41) is 5.90. The topological polar surface area (TPSA) is 63.2 Å². The highest BCUT2D eigenvalue weighted by atomic mass is 19.1. The average Bonchev–Trinajstić information content (AvgIpc) is 2.66. The third kappa shape index (κ3) is 4.57. The lowest BCUT2D eigenvalue weighted by molar-refractivity contribution is 0.102. The summed E-state index contributed by atoms with van der Waals surface area (Å²) in [5.74, 6) is 0.120. The lowest BCUT2D eigenvalue weighted by Gasteiger charge is -2.09. The molecule has 0 aliphatic carbocycles. The molecule has 0 fully saturated rings. The highest BCUT2D eigenvalue weighted by molar-refractivity contribution is 6.04. The molecule has 2 aromatic carbocycles. The van der Waals surface area contributed by atoms with Crippen LogP contribution in [0.3, 0.4) is 0 Å². The van der Waals surface area contributed by atoms with E-state index in [9.17, 15) is 9.18 Å². The molecule has 26 heavy (non-hydrogen) atoms. The van der Waals surface area contributed by atoms with E-state index in [1.807, 2.05) is 31.2 Å². The second-order valence-corrected chi connectivity index (χ2v) is 5.51. The van der Waals surface area contributed by atoms with Crippen LogP contribution in [-0.2, 0) is 0 Å². The van der Waals surface area contributed by atoms with Gasteiger partial charge in [0, 0.05) is 17.6 Å². The number of rotatable bonds is 6. The normalized spacial score (nSPS) is 10.2. The van der Waals surface area contributed by atoms with Crippen LogP contribution in [0, 0.1) is 5.82 Å². The van der Waals surface area contributed by atoms with Gasteiger partial charge < -0.3 is 15.4 Å². The number of carbonyl (C=O) groups is 1. The van der Waals surface area contributed by atoms with E-state index in [4.69, 9.17) is 4.74 Å². The average molecular weight is 351 g/mol. The van der Waals surface area contributed by atoms with Crippen LogP contribution >= 0.6 is 0 Å². The first-order chi connectivity index (χ1) is 12.6. The van der Waals surface area contributed by atoms with Gasteiger partial charge in [-0.1, -0.05) is 0 Å². The molecule has 0 saturated heterocycles. The number of aromatic nitrogens is 1. The van der Waals surface area contributed by atoms with E-state index in [2.05, 4.69) is 15.6 Å². The van der Waals surface area contributed by atoms with Gasteiger partial charge in [-0.15, -0.1) is 0 Å². The van der Waals surface area contributed by atoms with E-state index >= 15 is 0 Å². The summed E-state index contributed by atoms with van der Waals surface area (Å²) in [6, 6.07) is 14.8. The number of pyridine rings is 1. The van der Waals surface area contributed by atoms with E-state index in [-0.39, 0.29) is 11.7 Å². The molecule has 0 atom stereocenters. The molecule has 6 heteroatoms. The molecule has 0 aliphatic heterocycles. The first-order valence-electron chi connectivity index (χ1n) is 8.16. The summed E-state index contributed by atoms with van der Waals surface area (Å²) >= 11 is 0. The van der Waals surface area contributed by atoms with E-state index in [1.54, 1.807) is 12.3 Å². The van der Waals surface area contributed by atoms with Crippen LogP contribution in [0.5, 0.6) is 5.75 Å². The molecule has 132 valence electrons. The van der Waals surface area contributed by atoms with Gasteiger partial charge in [-0.05, 0) is 61.5 Å². The number of ether oxygens (including phenoxy) is 1. The number of hydrogen-bond acceptors (Lipinski definition) is 4. The molecule has 0 saturated carbocycles. The first kappa shape index (κ1) is 17.4. The Morgan fingerprint density at radius 1 is 1.00 bits per heavy atom. The van der Waals surface area contributed by atoms with Gasteiger partial charge in [0.2, 0.25) is 0 Å². The standard InChI is InChI=1S/C20H18FN3O2/c1-2-26-19-9-7-16(8-10-19)23-18-11-14(12-22-13-18)20(25)24-17-5-3-15(21)4-6-17/h3-13,23H,2H2,1H3,(H,24,25). The van der Waals surface area contributed by atoms with Gasteiger partial charge in [-0.2, -0.15) is 0 Å². The number of carbonyl (C=O) groups excluding carboxylic acids is 1. The van der Waals surface area contributed by atoms with Crippen molar-refractivity contribution in [2.45, 2.75) is 6.92 Å². The maximum atomic E-state index is 12.9. The minimum Gasteiger partial charge on any atom is -0.494 e. The quantitative estimate of drug-likeness (QED) is 0.680. The Balaban J connectivity index is 1.69. The van der Waals surface area contributed by atoms with Crippen molar-refractivity contribution in [3.63, 3.8) is 0 Å². The van der Waals surface area contributed by atoms with Crippen LogP contribution in [0.4, 0.5) is 21.5 Å². The first-order valence-corrected chi connectivity index (χ1v) is 8.16. The maximum absolute atomic E-state index is 12.9. The molecule has 0 aliphatic rings. The Kier molecular flexibility index (Phi) is 5.43. The van der Waals surface area contributed by atoms with Crippen LogP contribution < -0.4 is 15.4 Å². The van der Waals surface area contributed by atoms with Crippen LogP contribution in [0.2, 0.25) is 0 Å². The fraction of sp³-hybridized carbons (Fsp3) is 0.100. The zero-order valence-corrected chi connectivity index (χ0v) is 14.2. The van der Waals surface area contributed by atoms with Crippen molar-refractivity contribution in [2.75, 3.05) is 17.2 Å². The van der Waals surface area contributed by atoms with Crippen molar-refractivity contribution < 1.29 is 13.9 Å². The zero-order chi connectivity index (χ0) is 18.4. The van der Waals surface area contributed by atoms with Gasteiger partial charge in [0.15, 0.2) is 0 Å². The molecule has 2 N–H and O–H groups in total. The fourth-order valence-corrected chi connectivity index (χ4v) is 2.34. The van der Waals surface area contributed by atoms with Crippen molar-refractivity contribution in [1.29, 1.82) is 0 Å². The third-order valence-electron chi connectivity index (χ3n) is 3.56. The number of amides is 1. The Morgan fingerprint density at radius 2 is 1.69 bits per heavy atom. The number of anilines is 3. The summed E-state index contributed by atoms with van der Waals surface area (Å²) in [7, 11) is 0. The molecule has 0 unspecified atom stereocenters. The molecule has 1 heterocycles. The zero-order valence-electron chi connectivity index (χ0n) is 14.2. The van der Waals surface area contributed by atoms with Crippen LogP contribution in [0.1, 0.15) is 17.3 Å². The maximum Gasteiger partial charge on any atom is 0.257 e. The van der Waals surface area contributed by atoms with Gasteiger partial charge in [-0.25, -0.2) is 4.39 Å². The Labute approximate surface area is 150 Å². The Morgan fingerprint density at radius 3 is 2.38 bits per heavy atom. The van der Waals surface area contributed by atoms with Gasteiger partial charge in [0.05, 0.1) is 24.1 Å². The highest BCUT2D eigenvalue weighted by Crippen LogP contribution is 2.20. The highest BCUT2D eigenvalue weighted by Gasteiger charge is 2.08. The van der Waals surface area contributed by atoms with Gasteiger partial charge in [-0.3, -0.25) is 9.78 Å². The number of halogens is 1. The molecule has 3 aromatic rings. The lowest BCUT2D eigenvalue weighted by Crippen LogP contribution is -2.12. The second kappa shape index (κ2) is 8.11. The SMILES string of the molecule is CCOc1ccc(Nc2cncc(C(=O)Nc3ccc(F)cc3)c2)cc1. The predicted molar refractivity (Wildman–Crippen MR) is 99.5 cm³/mol. The summed E-state index contributed by atoms with van der Waals surface area (Å²) < 4.78 is 18.3. The third-order valence-corrected chi connectivity index (χ3v) is 3.56. The van der Waals surface area contributed by atoms with Crippen molar-refractivity contribution in [3.8, 4) is 5.75 Å². The Bertz CT molecular complexity index is 880. The largest absolute Gasteiger partial charge is 0.494 e. The number of hydrogen-bond donors (Lipinski definition) is 2. The summed E-state index contributed by atoms with van der Waals surface area (Å²) in [6.07, 6.45) is 3.10. The smallest absolute Gasteiger partial charge is 0.257 e. The minimum absolute atomic E-state index is 0.320. The van der Waals surface area contributed by atoms with Gasteiger partial charge >= 0.3 is 0 Å². The Hall–Kier alpha value is -3.41. The molecule has 5 nitrogen and oxygen atoms in total. The minimum atomic E-state index is -0.355. The van der Waals surface area contributed by atoms with Crippen LogP contribution in [-0.4, -0.2) is 17.5 Å².